The topological polar surface area (TPSA) is 71.0 Å². The Kier molecular flexibility index (Phi) is 8.82. The van der Waals surface area contributed by atoms with Crippen molar-refractivity contribution in [1.82, 2.24) is 14.9 Å². The Bertz CT molecular complexity index is 557. The molecule has 2 heterocycles. The van der Waals surface area contributed by atoms with Gasteiger partial charge in [0.15, 0.2) is 0 Å². The van der Waals surface area contributed by atoms with Gasteiger partial charge >= 0.3 is 0 Å². The molecule has 1 N–H and O–H groups in total. The molecule has 0 amide bonds. The third-order valence-corrected chi connectivity index (χ3v) is 5.40. The number of hydrogen-bond donors (Lipinski definition) is 1. The number of aliphatic hydroxyl groups is 1. The molecule has 0 aromatic carbocycles. The minimum atomic E-state index is -0.254. The summed E-state index contributed by atoms with van der Waals surface area (Å²) in [6, 6.07) is 1.75. The van der Waals surface area contributed by atoms with Crippen molar-refractivity contribution in [3.8, 4) is 5.88 Å². The molecule has 26 heavy (non-hydrogen) atoms. The number of aromatic nitrogens is 2. The van der Waals surface area contributed by atoms with E-state index in [1.54, 1.807) is 19.4 Å². The van der Waals surface area contributed by atoms with Crippen LogP contribution in [0.4, 0.5) is 5.95 Å². The number of piperidine rings is 1. The van der Waals surface area contributed by atoms with E-state index in [4.69, 9.17) is 9.47 Å². The van der Waals surface area contributed by atoms with Gasteiger partial charge in [-0.25, -0.2) is 4.98 Å². The first-order valence-corrected chi connectivity index (χ1v) is 8.61. The van der Waals surface area contributed by atoms with Crippen LogP contribution in [0.2, 0.25) is 0 Å². The van der Waals surface area contributed by atoms with Gasteiger partial charge in [0.1, 0.15) is 0 Å². The molecule has 2 atom stereocenters. The van der Waals surface area contributed by atoms with E-state index in [0.717, 1.165) is 45.5 Å². The van der Waals surface area contributed by atoms with Crippen molar-refractivity contribution in [3.63, 3.8) is 0 Å². The molecule has 0 unspecified atom stereocenters. The zero-order chi connectivity index (χ0) is 17.2. The lowest BCUT2D eigenvalue weighted by Crippen LogP contribution is -2.62. The highest BCUT2D eigenvalue weighted by molar-refractivity contribution is 5.85. The van der Waals surface area contributed by atoms with Crippen molar-refractivity contribution in [2.45, 2.75) is 31.5 Å². The van der Waals surface area contributed by atoms with Crippen LogP contribution in [0.15, 0.2) is 12.3 Å². The second-order valence-corrected chi connectivity index (χ2v) is 7.03. The van der Waals surface area contributed by atoms with Gasteiger partial charge in [-0.05, 0) is 26.9 Å². The van der Waals surface area contributed by atoms with Crippen LogP contribution in [0.3, 0.4) is 0 Å². The molecular weight excluding hydrogens is 379 g/mol. The molecule has 1 saturated carbocycles. The van der Waals surface area contributed by atoms with Crippen LogP contribution in [0.5, 0.6) is 5.88 Å². The fourth-order valence-electron chi connectivity index (χ4n) is 3.71. The van der Waals surface area contributed by atoms with Crippen molar-refractivity contribution < 1.29 is 14.6 Å². The maximum atomic E-state index is 10.4. The average molecular weight is 409 g/mol. The van der Waals surface area contributed by atoms with Crippen LogP contribution in [-0.2, 0) is 4.74 Å². The molecular formula is C17H30Cl2N4O3. The third kappa shape index (κ3) is 4.70. The molecule has 0 bridgehead atoms. The van der Waals surface area contributed by atoms with E-state index in [1.165, 1.54) is 0 Å². The highest BCUT2D eigenvalue weighted by Gasteiger charge is 2.56. The maximum Gasteiger partial charge on any atom is 0.228 e. The maximum absolute atomic E-state index is 10.4. The Hall–Kier alpha value is -0.860. The summed E-state index contributed by atoms with van der Waals surface area (Å²) >= 11 is 0. The first-order chi connectivity index (χ1) is 11.5. The van der Waals surface area contributed by atoms with Gasteiger partial charge in [-0.3, -0.25) is 0 Å². The number of likely N-dealkylation sites (N-methyl/N-ethyl adjacent to an activating group) is 1. The predicted molar refractivity (Wildman–Crippen MR) is 106 cm³/mol. The molecule has 9 heteroatoms. The summed E-state index contributed by atoms with van der Waals surface area (Å²) in [5.41, 5.74) is -0.0956. The fourth-order valence-corrected chi connectivity index (χ4v) is 3.71. The molecule has 0 radical (unpaired) electrons. The molecule has 1 saturated heterocycles. The molecule has 3 rings (SSSR count). The number of rotatable bonds is 6. The minimum absolute atomic E-state index is 0. The third-order valence-electron chi connectivity index (χ3n) is 5.40. The summed E-state index contributed by atoms with van der Waals surface area (Å²) in [5.74, 6) is 1.27. The van der Waals surface area contributed by atoms with E-state index < -0.39 is 0 Å². The van der Waals surface area contributed by atoms with Gasteiger partial charge in [-0.2, -0.15) is 4.98 Å². The fraction of sp³-hybridized carbons (Fsp3) is 0.765. The molecule has 1 aliphatic carbocycles. The first-order valence-electron chi connectivity index (χ1n) is 8.61. The van der Waals surface area contributed by atoms with Gasteiger partial charge in [0, 0.05) is 43.7 Å². The smallest absolute Gasteiger partial charge is 0.228 e. The van der Waals surface area contributed by atoms with Crippen molar-refractivity contribution in [2.24, 2.45) is 5.41 Å². The van der Waals surface area contributed by atoms with Crippen molar-refractivity contribution in [1.29, 1.82) is 0 Å². The monoisotopic (exact) mass is 408 g/mol. The molecule has 1 aliphatic heterocycles. The molecule has 1 aromatic heterocycles. The average Bonchev–Trinajstić information content (AvgIpc) is 2.61. The van der Waals surface area contributed by atoms with E-state index in [-0.39, 0.29) is 42.4 Å². The van der Waals surface area contributed by atoms with Crippen LogP contribution in [0.25, 0.3) is 0 Å². The van der Waals surface area contributed by atoms with Gasteiger partial charge < -0.3 is 24.4 Å². The number of methoxy groups -OCH3 is 1. The number of hydrogen-bond acceptors (Lipinski definition) is 7. The van der Waals surface area contributed by atoms with Gasteiger partial charge in [0.2, 0.25) is 11.8 Å². The van der Waals surface area contributed by atoms with Gasteiger partial charge in [0.25, 0.3) is 0 Å². The summed E-state index contributed by atoms with van der Waals surface area (Å²) in [4.78, 5) is 13.0. The highest BCUT2D eigenvalue weighted by atomic mass is 35.5. The summed E-state index contributed by atoms with van der Waals surface area (Å²) in [5, 5.41) is 10.4. The van der Waals surface area contributed by atoms with Crippen LogP contribution >= 0.6 is 24.8 Å². The minimum Gasteiger partial charge on any atom is -0.481 e. The summed E-state index contributed by atoms with van der Waals surface area (Å²) in [6.07, 6.45) is 4.19. The molecule has 2 fully saturated rings. The van der Waals surface area contributed by atoms with Crippen LogP contribution in [0, 0.1) is 5.41 Å². The lowest BCUT2D eigenvalue weighted by molar-refractivity contribution is -0.202. The Labute approximate surface area is 167 Å². The van der Waals surface area contributed by atoms with E-state index in [0.29, 0.717) is 11.8 Å². The quantitative estimate of drug-likeness (QED) is 0.766. The molecule has 150 valence electrons. The molecule has 1 aromatic rings. The van der Waals surface area contributed by atoms with E-state index in [9.17, 15) is 5.11 Å². The van der Waals surface area contributed by atoms with Crippen molar-refractivity contribution in [3.05, 3.63) is 12.3 Å². The number of ether oxygens (including phenoxy) is 2. The SMILES string of the molecule is COc1ccnc(N2CCC3(CC2)[C@H](O)C[C@@H]3OCCN(C)C)n1.Cl.Cl. The number of halogens is 2. The van der Waals surface area contributed by atoms with Gasteiger partial charge in [0.05, 0.1) is 25.9 Å². The summed E-state index contributed by atoms with van der Waals surface area (Å²) in [6.45, 7) is 3.29. The van der Waals surface area contributed by atoms with Gasteiger partial charge in [-0.1, -0.05) is 0 Å². The number of anilines is 1. The Morgan fingerprint density at radius 1 is 1.31 bits per heavy atom. The zero-order valence-corrected chi connectivity index (χ0v) is 17.3. The normalized spacial score (nSPS) is 23.8. The lowest BCUT2D eigenvalue weighted by Gasteiger charge is -2.56. The Balaban J connectivity index is 0.00000169. The Morgan fingerprint density at radius 3 is 2.58 bits per heavy atom. The van der Waals surface area contributed by atoms with E-state index in [2.05, 4.69) is 19.8 Å². The highest BCUT2D eigenvalue weighted by Crippen LogP contribution is 2.51. The first kappa shape index (κ1) is 23.2. The number of nitrogens with zero attached hydrogens (tertiary/aromatic N) is 4. The van der Waals surface area contributed by atoms with Gasteiger partial charge in [-0.15, -0.1) is 24.8 Å². The van der Waals surface area contributed by atoms with Crippen LogP contribution < -0.4 is 9.64 Å². The second-order valence-electron chi connectivity index (χ2n) is 7.03. The lowest BCUT2D eigenvalue weighted by atomic mass is 9.58. The van der Waals surface area contributed by atoms with Crippen LogP contribution in [-0.4, -0.2) is 79.6 Å². The van der Waals surface area contributed by atoms with E-state index >= 15 is 0 Å². The largest absolute Gasteiger partial charge is 0.481 e. The molecule has 1 spiro atoms. The molecule has 7 nitrogen and oxygen atoms in total. The second kappa shape index (κ2) is 9.90. The Morgan fingerprint density at radius 2 is 2.00 bits per heavy atom. The standard InChI is InChI=1S/C17H28N4O3.2ClH/c1-20(2)10-11-24-14-12-13(22)17(14)5-8-21(9-6-17)16-18-7-4-15(19-16)23-3;;/h4,7,13-14,22H,5-6,8-12H2,1-3H3;2*1H/t13-,14+;;/m1../s1. The van der Waals surface area contributed by atoms with Crippen molar-refractivity contribution in [2.75, 3.05) is 52.3 Å². The zero-order valence-electron chi connectivity index (χ0n) is 15.6. The summed E-state index contributed by atoms with van der Waals surface area (Å²) < 4.78 is 11.2. The molecule has 2 aliphatic rings. The predicted octanol–water partition coefficient (Wildman–Crippen LogP) is 1.63. The summed E-state index contributed by atoms with van der Waals surface area (Å²) in [7, 11) is 5.69. The van der Waals surface area contributed by atoms with Crippen LogP contribution in [0.1, 0.15) is 19.3 Å². The van der Waals surface area contributed by atoms with E-state index in [1.807, 2.05) is 14.1 Å². The number of aliphatic hydroxyl groups excluding tert-OH is 1. The van der Waals surface area contributed by atoms with Crippen molar-refractivity contribution >= 4 is 30.8 Å².